The number of benzene rings is 2. The van der Waals surface area contributed by atoms with Crippen molar-refractivity contribution < 1.29 is 10.1 Å². The van der Waals surface area contributed by atoms with Gasteiger partial charge in [-0.1, -0.05) is 37.3 Å². The maximum Gasteiger partial charge on any atom is 0.266 e. The average Bonchev–Trinajstić information content (AvgIpc) is 2.68. The van der Waals surface area contributed by atoms with Crippen molar-refractivity contribution in [3.63, 3.8) is 0 Å². The highest BCUT2D eigenvalue weighted by atomic mass is 16.5. The van der Waals surface area contributed by atoms with Crippen LogP contribution in [0.1, 0.15) is 31.3 Å². The van der Waals surface area contributed by atoms with Crippen LogP contribution in [-0.4, -0.2) is 29.8 Å². The first-order valence-corrected chi connectivity index (χ1v) is 9.09. The summed E-state index contributed by atoms with van der Waals surface area (Å²) in [6.07, 6.45) is 0.858. The van der Waals surface area contributed by atoms with E-state index in [2.05, 4.69) is 25.2 Å². The number of aromatic nitrogens is 2. The molecule has 136 valence electrons. The molecule has 0 amide bonds. The second-order valence-corrected chi connectivity index (χ2v) is 6.42. The first kappa shape index (κ1) is 18.3. The number of rotatable bonds is 7. The third-order valence-electron chi connectivity index (χ3n) is 4.66. The number of ether oxygens (including phenoxy) is 1. The van der Waals surface area contributed by atoms with Crippen molar-refractivity contribution in [3.8, 4) is 5.69 Å². The molecule has 0 bridgehead atoms. The Balaban J connectivity index is 2.23. The number of hydrogen-bond acceptors (Lipinski definition) is 3. The molecule has 3 rings (SSSR count). The van der Waals surface area contributed by atoms with Gasteiger partial charge in [-0.3, -0.25) is 9.36 Å². The van der Waals surface area contributed by atoms with Gasteiger partial charge >= 0.3 is 0 Å². The van der Waals surface area contributed by atoms with Crippen molar-refractivity contribution in [2.45, 2.75) is 26.3 Å². The number of methoxy groups -OCH3 is 1. The molecule has 0 saturated heterocycles. The Morgan fingerprint density at radius 2 is 1.88 bits per heavy atom. The number of quaternary nitrogens is 1. The van der Waals surface area contributed by atoms with E-state index < -0.39 is 0 Å². The molecule has 3 aromatic rings. The topological polar surface area (TPSA) is 60.7 Å². The zero-order valence-electron chi connectivity index (χ0n) is 15.6. The van der Waals surface area contributed by atoms with Crippen molar-refractivity contribution in [1.29, 1.82) is 0 Å². The third-order valence-corrected chi connectivity index (χ3v) is 4.66. The van der Waals surface area contributed by atoms with E-state index >= 15 is 0 Å². The van der Waals surface area contributed by atoms with Crippen molar-refractivity contribution >= 4 is 10.9 Å². The summed E-state index contributed by atoms with van der Waals surface area (Å²) >= 11 is 0. The van der Waals surface area contributed by atoms with Gasteiger partial charge in [0.15, 0.2) is 5.82 Å². The first-order chi connectivity index (χ1) is 12.7. The molecule has 0 fully saturated rings. The smallest absolute Gasteiger partial charge is 0.266 e. The molecular formula is C21H26N3O2+. The molecule has 0 saturated carbocycles. The van der Waals surface area contributed by atoms with Crippen LogP contribution in [0.25, 0.3) is 16.6 Å². The molecule has 0 spiro atoms. The van der Waals surface area contributed by atoms with Gasteiger partial charge in [0.1, 0.15) is 6.04 Å². The van der Waals surface area contributed by atoms with E-state index in [0.717, 1.165) is 35.6 Å². The van der Waals surface area contributed by atoms with E-state index in [1.807, 2.05) is 42.5 Å². The van der Waals surface area contributed by atoms with Crippen LogP contribution in [0, 0.1) is 0 Å². The summed E-state index contributed by atoms with van der Waals surface area (Å²) in [7, 11) is 1.69. The van der Waals surface area contributed by atoms with E-state index in [-0.39, 0.29) is 11.6 Å². The minimum absolute atomic E-state index is 0.0153. The Morgan fingerprint density at radius 3 is 2.65 bits per heavy atom. The summed E-state index contributed by atoms with van der Waals surface area (Å²) in [5.41, 5.74) is 2.78. The van der Waals surface area contributed by atoms with Crippen molar-refractivity contribution in [2.24, 2.45) is 0 Å². The van der Waals surface area contributed by atoms with Gasteiger partial charge in [-0.25, -0.2) is 4.98 Å². The zero-order chi connectivity index (χ0) is 18.5. The highest BCUT2D eigenvalue weighted by Crippen LogP contribution is 2.19. The van der Waals surface area contributed by atoms with Gasteiger partial charge in [-0.05, 0) is 37.1 Å². The van der Waals surface area contributed by atoms with Crippen molar-refractivity contribution in [2.75, 3.05) is 20.3 Å². The third kappa shape index (κ3) is 3.54. The maximum absolute atomic E-state index is 13.3. The number of fused-ring (bicyclic) bond motifs is 1. The van der Waals surface area contributed by atoms with Crippen LogP contribution >= 0.6 is 0 Å². The molecule has 1 heterocycles. The first-order valence-electron chi connectivity index (χ1n) is 9.09. The Bertz CT molecular complexity index is 949. The predicted molar refractivity (Wildman–Crippen MR) is 104 cm³/mol. The van der Waals surface area contributed by atoms with Crippen molar-refractivity contribution in [1.82, 2.24) is 9.55 Å². The molecule has 2 aromatic carbocycles. The van der Waals surface area contributed by atoms with Gasteiger partial charge < -0.3 is 10.1 Å². The lowest BCUT2D eigenvalue weighted by atomic mass is 10.1. The molecule has 1 aromatic heterocycles. The number of aryl methyl sites for hydroxylation is 1. The summed E-state index contributed by atoms with van der Waals surface area (Å²) < 4.78 is 6.94. The Morgan fingerprint density at radius 1 is 1.15 bits per heavy atom. The van der Waals surface area contributed by atoms with E-state index in [0.29, 0.717) is 12.0 Å². The quantitative estimate of drug-likeness (QED) is 0.663. The maximum atomic E-state index is 13.3. The fraction of sp³-hybridized carbons (Fsp3) is 0.333. The highest BCUT2D eigenvalue weighted by molar-refractivity contribution is 5.78. The lowest BCUT2D eigenvalue weighted by Gasteiger charge is -2.19. The van der Waals surface area contributed by atoms with Gasteiger partial charge in [0.05, 0.1) is 29.7 Å². The van der Waals surface area contributed by atoms with E-state index in [9.17, 15) is 4.79 Å². The zero-order valence-corrected chi connectivity index (χ0v) is 15.6. The van der Waals surface area contributed by atoms with Crippen molar-refractivity contribution in [3.05, 3.63) is 70.3 Å². The number of hydrogen-bond donors (Lipinski definition) is 1. The predicted octanol–water partition coefficient (Wildman–Crippen LogP) is 2.22. The largest absolute Gasteiger partial charge is 0.379 e. The van der Waals surface area contributed by atoms with Crippen LogP contribution in [0.15, 0.2) is 53.3 Å². The molecule has 0 radical (unpaired) electrons. The molecular weight excluding hydrogens is 326 g/mol. The van der Waals surface area contributed by atoms with Crippen LogP contribution in [0.5, 0.6) is 0 Å². The summed E-state index contributed by atoms with van der Waals surface area (Å²) in [6, 6.07) is 15.6. The molecule has 1 atom stereocenters. The van der Waals surface area contributed by atoms with Gasteiger partial charge in [-0.2, -0.15) is 0 Å². The van der Waals surface area contributed by atoms with E-state index in [4.69, 9.17) is 9.72 Å². The molecule has 0 unspecified atom stereocenters. The SMILES string of the molecule is CCc1ccccc1-n1c([C@@H](C)[NH2+]CCOC)nc2ccccc2c1=O. The van der Waals surface area contributed by atoms with Crippen LogP contribution in [-0.2, 0) is 11.2 Å². The molecule has 5 heteroatoms. The highest BCUT2D eigenvalue weighted by Gasteiger charge is 2.21. The Kier molecular flexibility index (Phi) is 5.81. The molecule has 0 aliphatic carbocycles. The summed E-state index contributed by atoms with van der Waals surface area (Å²) in [4.78, 5) is 18.2. The minimum Gasteiger partial charge on any atom is -0.379 e. The van der Waals surface area contributed by atoms with Crippen LogP contribution in [0.3, 0.4) is 0 Å². The van der Waals surface area contributed by atoms with Crippen LogP contribution in [0.4, 0.5) is 0 Å². The fourth-order valence-corrected chi connectivity index (χ4v) is 3.26. The summed E-state index contributed by atoms with van der Waals surface area (Å²) in [5.74, 6) is 0.769. The Labute approximate surface area is 153 Å². The van der Waals surface area contributed by atoms with Crippen LogP contribution in [0.2, 0.25) is 0 Å². The van der Waals surface area contributed by atoms with E-state index in [1.165, 1.54) is 0 Å². The minimum atomic E-state index is -0.0153. The van der Waals surface area contributed by atoms with Gasteiger partial charge in [0.25, 0.3) is 5.56 Å². The average molecular weight is 352 g/mol. The van der Waals surface area contributed by atoms with Gasteiger partial charge in [0, 0.05) is 7.11 Å². The number of para-hydroxylation sites is 2. The monoisotopic (exact) mass is 352 g/mol. The fourth-order valence-electron chi connectivity index (χ4n) is 3.26. The molecule has 0 aliphatic rings. The van der Waals surface area contributed by atoms with Crippen LogP contribution < -0.4 is 10.9 Å². The summed E-state index contributed by atoms with van der Waals surface area (Å²) in [6.45, 7) is 5.66. The number of nitrogens with two attached hydrogens (primary N) is 1. The lowest BCUT2D eigenvalue weighted by molar-refractivity contribution is -0.695. The van der Waals surface area contributed by atoms with E-state index in [1.54, 1.807) is 11.7 Å². The molecule has 2 N–H and O–H groups in total. The normalized spacial score (nSPS) is 12.4. The molecule has 26 heavy (non-hydrogen) atoms. The second kappa shape index (κ2) is 8.25. The molecule has 5 nitrogen and oxygen atoms in total. The van der Waals surface area contributed by atoms with Gasteiger partial charge in [0.2, 0.25) is 0 Å². The second-order valence-electron chi connectivity index (χ2n) is 6.42. The molecule has 0 aliphatic heterocycles. The Hall–Kier alpha value is -2.50. The summed E-state index contributed by atoms with van der Waals surface area (Å²) in [5, 5.41) is 2.80. The lowest BCUT2D eigenvalue weighted by Crippen LogP contribution is -2.86. The standard InChI is InChI=1S/C21H25N3O2/c1-4-16-9-5-8-12-19(16)24-20(15(2)22-13-14-26-3)23-18-11-7-6-10-17(18)21(24)25/h5-12,15,22H,4,13-14H2,1-3H3/p+1/t15-/m1/s1. The number of nitrogens with zero attached hydrogens (tertiary/aromatic N) is 2. The van der Waals surface area contributed by atoms with Gasteiger partial charge in [-0.15, -0.1) is 0 Å².